The first kappa shape index (κ1) is 41.3. The number of hydrogen-bond acceptors (Lipinski definition) is 2. The molecule has 2 N–H and O–H groups in total. The Morgan fingerprint density at radius 3 is 1.11 bits per heavy atom. The summed E-state index contributed by atoms with van der Waals surface area (Å²) < 4.78 is 0. The van der Waals surface area contributed by atoms with Gasteiger partial charge < -0.3 is 10.2 Å². The van der Waals surface area contributed by atoms with Crippen LogP contribution in [-0.4, -0.2) is 10.2 Å². The van der Waals surface area contributed by atoms with Crippen LogP contribution in [0.5, 0.6) is 11.5 Å². The van der Waals surface area contributed by atoms with E-state index >= 15 is 0 Å². The highest BCUT2D eigenvalue weighted by Gasteiger charge is 2.22. The summed E-state index contributed by atoms with van der Waals surface area (Å²) in [5, 5.41) is 21.7. The monoisotopic (exact) mass is 634 g/mol. The van der Waals surface area contributed by atoms with Crippen LogP contribution in [0.25, 0.3) is 11.1 Å². The molecule has 0 aliphatic heterocycles. The molecule has 0 amide bonds. The molecule has 0 aromatic heterocycles. The molecule has 0 radical (unpaired) electrons. The zero-order chi connectivity index (χ0) is 34.3. The molecule has 2 atom stereocenters. The first-order valence-electron chi connectivity index (χ1n) is 15.7. The number of rotatable bonds is 1. The maximum atomic E-state index is 9.84. The molecule has 4 aromatic carbocycles. The van der Waals surface area contributed by atoms with Gasteiger partial charge in [0.15, 0.2) is 0 Å². The fourth-order valence-corrected chi connectivity index (χ4v) is 4.45. The molecule has 4 heteroatoms. The van der Waals surface area contributed by atoms with E-state index in [9.17, 15) is 10.2 Å². The van der Waals surface area contributed by atoms with Crippen LogP contribution in [0, 0.1) is 0 Å². The predicted octanol–water partition coefficient (Wildman–Crippen LogP) is 11.1. The lowest BCUT2D eigenvalue weighted by molar-refractivity contribution is 0.444. The number of para-hydroxylation sites is 1. The average molecular weight is 635 g/mol. The second kappa shape index (κ2) is 19.0. The van der Waals surface area contributed by atoms with Gasteiger partial charge in [-0.15, -0.1) is 18.5 Å². The zero-order valence-corrected chi connectivity index (χ0v) is 32.0. The largest absolute Gasteiger partial charge is 0.508 e. The summed E-state index contributed by atoms with van der Waals surface area (Å²) in [5.41, 5.74) is 5.98. The van der Waals surface area contributed by atoms with Gasteiger partial charge >= 0.3 is 0 Å². The van der Waals surface area contributed by atoms with Crippen molar-refractivity contribution in [1.29, 1.82) is 0 Å². The van der Waals surface area contributed by atoms with Crippen LogP contribution in [0.1, 0.15) is 107 Å². The maximum Gasteiger partial charge on any atom is 0.119 e. The molecule has 0 heterocycles. The second-order valence-corrected chi connectivity index (χ2v) is 14.6. The molecule has 0 fully saturated rings. The van der Waals surface area contributed by atoms with Crippen LogP contribution < -0.4 is 10.6 Å². The highest BCUT2D eigenvalue weighted by Crippen LogP contribution is 2.34. The van der Waals surface area contributed by atoms with E-state index in [1.807, 2.05) is 52.0 Å². The minimum Gasteiger partial charge on any atom is -0.508 e. The van der Waals surface area contributed by atoms with Crippen molar-refractivity contribution < 1.29 is 10.2 Å². The SMILES string of the molecule is CC.CC.CC(C)(C)c1ccc(O)c(C(C)(C)C)c1.CC(C)(C)c1ccccc1O.Pc1ccc(-c2ccc(P)cc2)cc1. The highest BCUT2D eigenvalue weighted by molar-refractivity contribution is 7.27. The predicted molar refractivity (Wildman–Crippen MR) is 206 cm³/mol. The molecule has 2 unspecified atom stereocenters. The van der Waals surface area contributed by atoms with Crippen molar-refractivity contribution in [3.8, 4) is 22.6 Å². The number of hydrogen-bond donors (Lipinski definition) is 2. The van der Waals surface area contributed by atoms with E-state index in [-0.39, 0.29) is 16.2 Å². The van der Waals surface area contributed by atoms with Crippen molar-refractivity contribution in [2.24, 2.45) is 0 Å². The molecule has 0 saturated carbocycles. The van der Waals surface area contributed by atoms with Crippen LogP contribution in [0.2, 0.25) is 0 Å². The lowest BCUT2D eigenvalue weighted by atomic mass is 9.80. The van der Waals surface area contributed by atoms with Crippen LogP contribution >= 0.6 is 18.5 Å². The molecule has 2 nitrogen and oxygen atoms in total. The summed E-state index contributed by atoms with van der Waals surface area (Å²) >= 11 is 0. The topological polar surface area (TPSA) is 40.5 Å². The van der Waals surface area contributed by atoms with Gasteiger partial charge in [0, 0.05) is 0 Å². The molecule has 0 saturated heterocycles. The number of phenolic OH excluding ortho intramolecular Hbond substituents is 2. The number of aromatic hydroxyl groups is 2. The van der Waals surface area contributed by atoms with Crippen LogP contribution in [-0.2, 0) is 16.2 Å². The van der Waals surface area contributed by atoms with E-state index in [4.69, 9.17) is 0 Å². The van der Waals surface area contributed by atoms with E-state index in [1.54, 1.807) is 12.1 Å². The summed E-state index contributed by atoms with van der Waals surface area (Å²) in [6, 6.07) is 30.4. The Bertz CT molecular complexity index is 1310. The van der Waals surface area contributed by atoms with Crippen molar-refractivity contribution in [2.75, 3.05) is 0 Å². The van der Waals surface area contributed by atoms with Gasteiger partial charge in [-0.2, -0.15) is 0 Å². The highest BCUT2D eigenvalue weighted by atomic mass is 31.0. The van der Waals surface area contributed by atoms with E-state index in [0.717, 1.165) is 11.1 Å². The minimum absolute atomic E-state index is 0.00859. The molecular weight excluding hydrogens is 574 g/mol. The normalized spacial score (nSPS) is 10.8. The van der Waals surface area contributed by atoms with Crippen LogP contribution in [0.3, 0.4) is 0 Å². The van der Waals surface area contributed by atoms with E-state index in [0.29, 0.717) is 11.5 Å². The number of phenols is 2. The lowest BCUT2D eigenvalue weighted by Gasteiger charge is -2.25. The summed E-state index contributed by atoms with van der Waals surface area (Å²) in [4.78, 5) is 0. The molecule has 242 valence electrons. The Kier molecular flexibility index (Phi) is 17.8. The molecular formula is C40H60O2P2. The fraction of sp³-hybridized carbons (Fsp3) is 0.400. The van der Waals surface area contributed by atoms with Gasteiger partial charge in [0.05, 0.1) is 0 Å². The summed E-state index contributed by atoms with van der Waals surface area (Å²) in [5.74, 6) is 0.788. The van der Waals surface area contributed by atoms with E-state index in [2.05, 4.69) is 135 Å². The quantitative estimate of drug-likeness (QED) is 0.205. The van der Waals surface area contributed by atoms with Crippen molar-refractivity contribution in [1.82, 2.24) is 0 Å². The van der Waals surface area contributed by atoms with Gasteiger partial charge in [-0.05, 0) is 66.8 Å². The summed E-state index contributed by atoms with van der Waals surface area (Å²) in [6.45, 7) is 27.2. The molecule has 4 aromatic rings. The Morgan fingerprint density at radius 1 is 0.432 bits per heavy atom. The molecule has 0 aliphatic rings. The Balaban J connectivity index is 0.000000601. The minimum atomic E-state index is -0.00859. The first-order valence-corrected chi connectivity index (χ1v) is 16.9. The smallest absolute Gasteiger partial charge is 0.119 e. The Morgan fingerprint density at radius 2 is 0.795 bits per heavy atom. The van der Waals surface area contributed by atoms with Crippen molar-refractivity contribution >= 4 is 29.1 Å². The van der Waals surface area contributed by atoms with Crippen molar-refractivity contribution in [3.63, 3.8) is 0 Å². The van der Waals surface area contributed by atoms with Crippen molar-refractivity contribution in [3.05, 3.63) is 108 Å². The fourth-order valence-electron chi connectivity index (χ4n) is 4.06. The third kappa shape index (κ3) is 14.4. The van der Waals surface area contributed by atoms with Gasteiger partial charge in [0.2, 0.25) is 0 Å². The molecule has 4 rings (SSSR count). The summed E-state index contributed by atoms with van der Waals surface area (Å²) in [6.07, 6.45) is 0. The molecule has 0 spiro atoms. The standard InChI is InChI=1S/C14H22O.C12H12P2.C10H14O.2C2H6/c1-13(2,3)10-7-8-12(15)11(9-10)14(4,5)6;13-11-5-1-9(2-6-11)10-3-7-12(14)8-4-10;1-10(2,3)8-6-4-5-7-9(8)11;2*1-2/h7-9,15H,1-6H3;1-8H,13-14H2;4-7,11H,1-3H3;2*1-2H3. The van der Waals surface area contributed by atoms with Crippen molar-refractivity contribution in [2.45, 2.75) is 106 Å². The second-order valence-electron chi connectivity index (χ2n) is 13.2. The zero-order valence-electron chi connectivity index (χ0n) is 29.7. The molecule has 0 bridgehead atoms. The average Bonchev–Trinajstić information content (AvgIpc) is 2.95. The third-order valence-corrected chi connectivity index (χ3v) is 7.31. The van der Waals surface area contributed by atoms with Gasteiger partial charge in [0.1, 0.15) is 11.5 Å². The van der Waals surface area contributed by atoms with Gasteiger partial charge in [-0.3, -0.25) is 0 Å². The Labute approximate surface area is 275 Å². The van der Waals surface area contributed by atoms with Gasteiger partial charge in [-0.1, -0.05) is 169 Å². The Hall–Kier alpha value is -2.66. The lowest BCUT2D eigenvalue weighted by Crippen LogP contribution is -2.16. The maximum absolute atomic E-state index is 9.84. The van der Waals surface area contributed by atoms with E-state index < -0.39 is 0 Å². The summed E-state index contributed by atoms with van der Waals surface area (Å²) in [7, 11) is 5.39. The first-order chi connectivity index (χ1) is 20.4. The van der Waals surface area contributed by atoms with Gasteiger partial charge in [-0.25, -0.2) is 0 Å². The molecule has 44 heavy (non-hydrogen) atoms. The van der Waals surface area contributed by atoms with Gasteiger partial charge in [0.25, 0.3) is 0 Å². The number of benzene rings is 4. The van der Waals surface area contributed by atoms with E-state index in [1.165, 1.54) is 27.3 Å². The third-order valence-electron chi connectivity index (χ3n) is 6.54. The van der Waals surface area contributed by atoms with Crippen LogP contribution in [0.15, 0.2) is 91.0 Å². The molecule has 0 aliphatic carbocycles. The van der Waals surface area contributed by atoms with Crippen LogP contribution in [0.4, 0.5) is 0 Å².